The Labute approximate surface area is 107 Å². The highest BCUT2D eigenvalue weighted by Crippen LogP contribution is 2.05. The first-order chi connectivity index (χ1) is 7.68. The van der Waals surface area contributed by atoms with E-state index in [9.17, 15) is 13.2 Å². The van der Waals surface area contributed by atoms with E-state index in [1.54, 1.807) is 32.4 Å². The van der Waals surface area contributed by atoms with Crippen molar-refractivity contribution in [2.45, 2.75) is 39.8 Å². The summed E-state index contributed by atoms with van der Waals surface area (Å²) in [4.78, 5) is 11.1. The first-order valence-corrected chi connectivity index (χ1v) is 7.26. The lowest BCUT2D eigenvalue weighted by molar-refractivity contribution is 0.121. The lowest BCUT2D eigenvalue weighted by Gasteiger charge is -2.19. The fourth-order valence-corrected chi connectivity index (χ4v) is 2.19. The van der Waals surface area contributed by atoms with E-state index in [1.165, 1.54) is 0 Å². The van der Waals surface area contributed by atoms with Crippen LogP contribution in [0.1, 0.15) is 27.7 Å². The van der Waals surface area contributed by atoms with E-state index in [-0.39, 0.29) is 18.1 Å². The normalized spacial score (nSPS) is 15.4. The Morgan fingerprint density at radius 2 is 1.82 bits per heavy atom. The fraction of sp³-hybridized carbons (Fsp3) is 0.889. The monoisotopic (exact) mass is 286 g/mol. The molecule has 0 bridgehead atoms. The number of carbonyl (C=O) groups excluding carboxylic acids is 1. The standard InChI is InChI=1S/C9H19ClN2O4S/c1-6(2)16-9(13)12-17(14,15)11-8(4)7(3)5-10/h6-8,11H,5H2,1-4H3,(H,12,13). The summed E-state index contributed by atoms with van der Waals surface area (Å²) in [7, 11) is -3.91. The molecule has 0 aliphatic heterocycles. The van der Waals surface area contributed by atoms with Crippen molar-refractivity contribution in [2.75, 3.05) is 5.88 Å². The lowest BCUT2D eigenvalue weighted by atomic mass is 10.1. The molecular weight excluding hydrogens is 268 g/mol. The zero-order chi connectivity index (χ0) is 13.6. The summed E-state index contributed by atoms with van der Waals surface area (Å²) in [5.41, 5.74) is 0. The van der Waals surface area contributed by atoms with Gasteiger partial charge in [0.25, 0.3) is 0 Å². The minimum atomic E-state index is -3.91. The molecule has 0 aliphatic rings. The molecular formula is C9H19ClN2O4S. The van der Waals surface area contributed by atoms with Crippen molar-refractivity contribution >= 4 is 27.9 Å². The SMILES string of the molecule is CC(C)OC(=O)NS(=O)(=O)NC(C)C(C)CCl. The molecule has 0 fully saturated rings. The lowest BCUT2D eigenvalue weighted by Crippen LogP contribution is -2.46. The Bertz CT molecular complexity index is 345. The van der Waals surface area contributed by atoms with Gasteiger partial charge in [-0.2, -0.15) is 13.1 Å². The molecule has 0 heterocycles. The number of halogens is 1. The Morgan fingerprint density at radius 1 is 1.29 bits per heavy atom. The molecule has 8 heteroatoms. The predicted octanol–water partition coefficient (Wildman–Crippen LogP) is 1.22. The number of hydrogen-bond donors (Lipinski definition) is 2. The molecule has 102 valence electrons. The van der Waals surface area contributed by atoms with Crippen molar-refractivity contribution in [3.05, 3.63) is 0 Å². The van der Waals surface area contributed by atoms with Crippen LogP contribution in [0.4, 0.5) is 4.79 Å². The molecule has 0 aliphatic carbocycles. The summed E-state index contributed by atoms with van der Waals surface area (Å²) in [6, 6.07) is -0.378. The fourth-order valence-electron chi connectivity index (χ4n) is 0.872. The summed E-state index contributed by atoms with van der Waals surface area (Å²) in [6.45, 7) is 6.71. The van der Waals surface area contributed by atoms with Gasteiger partial charge in [-0.1, -0.05) is 6.92 Å². The third-order valence-corrected chi connectivity index (χ3v) is 3.60. The molecule has 6 nitrogen and oxygen atoms in total. The molecule has 0 saturated heterocycles. The van der Waals surface area contributed by atoms with Crippen LogP contribution in [0.3, 0.4) is 0 Å². The van der Waals surface area contributed by atoms with Gasteiger partial charge in [0.05, 0.1) is 6.10 Å². The van der Waals surface area contributed by atoms with Crippen molar-refractivity contribution in [1.82, 2.24) is 9.44 Å². The number of rotatable bonds is 6. The summed E-state index contributed by atoms with van der Waals surface area (Å²) in [5.74, 6) is 0.273. The highest BCUT2D eigenvalue weighted by atomic mass is 35.5. The van der Waals surface area contributed by atoms with Crippen LogP contribution in [0, 0.1) is 5.92 Å². The molecule has 0 aromatic heterocycles. The smallest absolute Gasteiger partial charge is 0.422 e. The van der Waals surface area contributed by atoms with E-state index in [0.717, 1.165) is 0 Å². The van der Waals surface area contributed by atoms with Gasteiger partial charge in [-0.05, 0) is 26.7 Å². The Morgan fingerprint density at radius 3 is 2.24 bits per heavy atom. The summed E-state index contributed by atoms with van der Waals surface area (Å²) >= 11 is 5.60. The first kappa shape index (κ1) is 16.5. The predicted molar refractivity (Wildman–Crippen MR) is 66.2 cm³/mol. The molecule has 0 saturated carbocycles. The van der Waals surface area contributed by atoms with Gasteiger partial charge in [-0.15, -0.1) is 11.6 Å². The maximum absolute atomic E-state index is 11.5. The molecule has 2 unspecified atom stereocenters. The van der Waals surface area contributed by atoms with Crippen molar-refractivity contribution in [3.8, 4) is 0 Å². The second-order valence-electron chi connectivity index (χ2n) is 4.10. The van der Waals surface area contributed by atoms with Crippen LogP contribution in [0.5, 0.6) is 0 Å². The number of carbonyl (C=O) groups is 1. The minimum absolute atomic E-state index is 0.0469. The molecule has 2 N–H and O–H groups in total. The van der Waals surface area contributed by atoms with E-state index in [2.05, 4.69) is 9.46 Å². The van der Waals surface area contributed by atoms with Crippen LogP contribution in [-0.4, -0.2) is 32.5 Å². The maximum Gasteiger partial charge on any atom is 0.422 e. The molecule has 17 heavy (non-hydrogen) atoms. The molecule has 1 amide bonds. The molecule has 0 spiro atoms. The molecule has 2 atom stereocenters. The van der Waals surface area contributed by atoms with Crippen LogP contribution in [0.25, 0.3) is 0 Å². The van der Waals surface area contributed by atoms with E-state index in [4.69, 9.17) is 11.6 Å². The molecule has 0 aromatic rings. The van der Waals surface area contributed by atoms with Crippen LogP contribution < -0.4 is 9.44 Å². The number of amides is 1. The van der Waals surface area contributed by atoms with Crippen LogP contribution >= 0.6 is 11.6 Å². The number of ether oxygens (including phenoxy) is 1. The van der Waals surface area contributed by atoms with Gasteiger partial charge in [0.2, 0.25) is 0 Å². The topological polar surface area (TPSA) is 84.5 Å². The number of hydrogen-bond acceptors (Lipinski definition) is 4. The second-order valence-corrected chi connectivity index (χ2v) is 5.85. The Hall–Kier alpha value is -0.530. The van der Waals surface area contributed by atoms with Gasteiger partial charge in [-0.3, -0.25) is 0 Å². The van der Waals surface area contributed by atoms with Gasteiger partial charge < -0.3 is 4.74 Å². The van der Waals surface area contributed by atoms with Crippen LogP contribution in [0.2, 0.25) is 0 Å². The number of nitrogens with one attached hydrogen (secondary N) is 2. The van der Waals surface area contributed by atoms with Gasteiger partial charge in [0, 0.05) is 11.9 Å². The Balaban J connectivity index is 4.35. The molecule has 0 aromatic carbocycles. The average Bonchev–Trinajstić information content (AvgIpc) is 2.12. The van der Waals surface area contributed by atoms with Gasteiger partial charge in [0.1, 0.15) is 0 Å². The van der Waals surface area contributed by atoms with Crippen molar-refractivity contribution in [2.24, 2.45) is 5.92 Å². The van der Waals surface area contributed by atoms with Crippen molar-refractivity contribution in [3.63, 3.8) is 0 Å². The summed E-state index contributed by atoms with van der Waals surface area (Å²) in [6.07, 6.45) is -1.39. The summed E-state index contributed by atoms with van der Waals surface area (Å²) < 4.78 is 31.7. The zero-order valence-electron chi connectivity index (χ0n) is 10.4. The highest BCUT2D eigenvalue weighted by Gasteiger charge is 2.21. The third-order valence-electron chi connectivity index (χ3n) is 2.00. The van der Waals surface area contributed by atoms with Crippen molar-refractivity contribution < 1.29 is 17.9 Å². The van der Waals surface area contributed by atoms with E-state index < -0.39 is 16.3 Å². The number of alkyl halides is 1. The quantitative estimate of drug-likeness (QED) is 0.719. The average molecular weight is 287 g/mol. The molecule has 0 rings (SSSR count). The summed E-state index contributed by atoms with van der Waals surface area (Å²) in [5, 5.41) is 0. The second kappa shape index (κ2) is 7.03. The maximum atomic E-state index is 11.5. The largest absolute Gasteiger partial charge is 0.446 e. The van der Waals surface area contributed by atoms with Gasteiger partial charge >= 0.3 is 16.3 Å². The minimum Gasteiger partial charge on any atom is -0.446 e. The van der Waals surface area contributed by atoms with Gasteiger partial charge in [-0.25, -0.2) is 9.52 Å². The van der Waals surface area contributed by atoms with E-state index in [0.29, 0.717) is 5.88 Å². The van der Waals surface area contributed by atoms with Crippen LogP contribution in [0.15, 0.2) is 0 Å². The van der Waals surface area contributed by atoms with Crippen LogP contribution in [-0.2, 0) is 14.9 Å². The zero-order valence-corrected chi connectivity index (χ0v) is 11.9. The van der Waals surface area contributed by atoms with Crippen molar-refractivity contribution in [1.29, 1.82) is 0 Å². The third kappa shape index (κ3) is 7.40. The highest BCUT2D eigenvalue weighted by molar-refractivity contribution is 7.88. The van der Waals surface area contributed by atoms with E-state index >= 15 is 0 Å². The van der Waals surface area contributed by atoms with E-state index in [1.807, 2.05) is 0 Å². The van der Waals surface area contributed by atoms with Gasteiger partial charge in [0.15, 0.2) is 0 Å². The first-order valence-electron chi connectivity index (χ1n) is 5.24. The Kier molecular flexibility index (Phi) is 6.81. The molecule has 0 radical (unpaired) electrons.